The van der Waals surface area contributed by atoms with Gasteiger partial charge in [-0.1, -0.05) is 30.3 Å². The highest BCUT2D eigenvalue weighted by Gasteiger charge is 2.07. The summed E-state index contributed by atoms with van der Waals surface area (Å²) in [6, 6.07) is 14.8. The van der Waals surface area contributed by atoms with Gasteiger partial charge in [-0.25, -0.2) is 0 Å². The van der Waals surface area contributed by atoms with Gasteiger partial charge in [0.25, 0.3) is 0 Å². The fourth-order valence-electron chi connectivity index (χ4n) is 2.22. The van der Waals surface area contributed by atoms with Crippen molar-refractivity contribution in [2.45, 2.75) is 20.3 Å². The molecule has 0 saturated heterocycles. The van der Waals surface area contributed by atoms with Crippen LogP contribution >= 0.6 is 0 Å². The Balaban J connectivity index is 2.08. The largest absolute Gasteiger partial charge is 0.397 e. The molecule has 2 nitrogen and oxygen atoms in total. The summed E-state index contributed by atoms with van der Waals surface area (Å²) in [7, 11) is 2.10. The molecule has 0 radical (unpaired) electrons. The predicted molar refractivity (Wildman–Crippen MR) is 83.7 cm³/mol. The second kappa shape index (κ2) is 5.79. The van der Waals surface area contributed by atoms with Crippen molar-refractivity contribution in [3.05, 3.63) is 59.2 Å². The van der Waals surface area contributed by atoms with Gasteiger partial charge in [-0.2, -0.15) is 0 Å². The minimum atomic E-state index is 0.860. The number of hydrogen-bond donors (Lipinski definition) is 1. The first-order valence-corrected chi connectivity index (χ1v) is 6.69. The Hall–Kier alpha value is -1.96. The number of nitrogens with two attached hydrogens (primary N) is 1. The molecule has 0 bridgehead atoms. The molecule has 2 aromatic rings. The van der Waals surface area contributed by atoms with Gasteiger partial charge in [-0.3, -0.25) is 0 Å². The van der Waals surface area contributed by atoms with Crippen molar-refractivity contribution in [3.63, 3.8) is 0 Å². The van der Waals surface area contributed by atoms with E-state index < -0.39 is 0 Å². The molecule has 0 aliphatic rings. The third-order valence-electron chi connectivity index (χ3n) is 3.63. The normalized spacial score (nSPS) is 10.5. The van der Waals surface area contributed by atoms with Gasteiger partial charge in [-0.15, -0.1) is 0 Å². The van der Waals surface area contributed by atoms with E-state index in [4.69, 9.17) is 5.73 Å². The summed E-state index contributed by atoms with van der Waals surface area (Å²) in [6.45, 7) is 5.19. The second-order valence-electron chi connectivity index (χ2n) is 5.15. The number of nitrogens with zero attached hydrogens (tertiary/aromatic N) is 1. The van der Waals surface area contributed by atoms with Crippen molar-refractivity contribution in [2.75, 3.05) is 24.2 Å². The van der Waals surface area contributed by atoms with Crippen molar-refractivity contribution in [3.8, 4) is 0 Å². The van der Waals surface area contributed by atoms with Crippen LogP contribution < -0.4 is 10.6 Å². The van der Waals surface area contributed by atoms with Gasteiger partial charge < -0.3 is 10.6 Å². The van der Waals surface area contributed by atoms with Crippen LogP contribution in [0.2, 0.25) is 0 Å². The monoisotopic (exact) mass is 254 g/mol. The molecule has 100 valence electrons. The lowest BCUT2D eigenvalue weighted by Crippen LogP contribution is -2.21. The van der Waals surface area contributed by atoms with E-state index in [-0.39, 0.29) is 0 Å². The van der Waals surface area contributed by atoms with E-state index in [0.29, 0.717) is 0 Å². The fourth-order valence-corrected chi connectivity index (χ4v) is 2.22. The molecule has 2 aromatic carbocycles. The number of nitrogen functional groups attached to an aromatic ring is 1. The Morgan fingerprint density at radius 3 is 2.32 bits per heavy atom. The number of hydrogen-bond acceptors (Lipinski definition) is 2. The van der Waals surface area contributed by atoms with Crippen LogP contribution in [0.25, 0.3) is 0 Å². The van der Waals surface area contributed by atoms with Crippen molar-refractivity contribution < 1.29 is 0 Å². The summed E-state index contributed by atoms with van der Waals surface area (Å²) in [6.07, 6.45) is 1.03. The zero-order chi connectivity index (χ0) is 13.8. The number of benzene rings is 2. The van der Waals surface area contributed by atoms with Gasteiger partial charge in [0.15, 0.2) is 0 Å². The molecule has 0 fully saturated rings. The average molecular weight is 254 g/mol. The lowest BCUT2D eigenvalue weighted by molar-refractivity contribution is 0.877. The molecule has 2 heteroatoms. The van der Waals surface area contributed by atoms with Crippen molar-refractivity contribution >= 4 is 11.4 Å². The lowest BCUT2D eigenvalue weighted by Gasteiger charge is -2.22. The number of anilines is 2. The fraction of sp³-hybridized carbons (Fsp3) is 0.294. The second-order valence-corrected chi connectivity index (χ2v) is 5.15. The van der Waals surface area contributed by atoms with E-state index in [1.54, 1.807) is 0 Å². The third-order valence-corrected chi connectivity index (χ3v) is 3.63. The molecule has 0 aromatic heterocycles. The van der Waals surface area contributed by atoms with E-state index >= 15 is 0 Å². The molecular formula is C17H22N2. The molecule has 0 unspecified atom stereocenters. The van der Waals surface area contributed by atoms with Crippen LogP contribution in [0.15, 0.2) is 42.5 Å². The van der Waals surface area contributed by atoms with Gasteiger partial charge in [0.2, 0.25) is 0 Å². The van der Waals surface area contributed by atoms with Crippen molar-refractivity contribution in [1.82, 2.24) is 0 Å². The standard InChI is InChI=1S/C17H22N2/c1-13-11-16(18)17(12-14(13)2)19(3)10-9-15-7-5-4-6-8-15/h4-8,11-12H,9-10,18H2,1-3H3. The van der Waals surface area contributed by atoms with Crippen molar-refractivity contribution in [1.29, 1.82) is 0 Å². The molecule has 0 saturated carbocycles. The molecule has 0 amide bonds. The summed E-state index contributed by atoms with van der Waals surface area (Å²) >= 11 is 0. The molecule has 0 atom stereocenters. The zero-order valence-corrected chi connectivity index (χ0v) is 12.0. The molecule has 0 aliphatic heterocycles. The van der Waals surface area contributed by atoms with Crippen LogP contribution in [0.3, 0.4) is 0 Å². The van der Waals surface area contributed by atoms with Crippen LogP contribution in [-0.4, -0.2) is 13.6 Å². The highest BCUT2D eigenvalue weighted by Crippen LogP contribution is 2.26. The maximum absolute atomic E-state index is 6.12. The van der Waals surface area contributed by atoms with Gasteiger partial charge in [0.1, 0.15) is 0 Å². The number of aryl methyl sites for hydroxylation is 2. The average Bonchev–Trinajstić information content (AvgIpc) is 2.41. The van der Waals surface area contributed by atoms with Gasteiger partial charge in [0.05, 0.1) is 11.4 Å². The van der Waals surface area contributed by atoms with Gasteiger partial charge in [0, 0.05) is 13.6 Å². The molecule has 0 heterocycles. The molecule has 0 spiro atoms. The van der Waals surface area contributed by atoms with Crippen molar-refractivity contribution in [2.24, 2.45) is 0 Å². The zero-order valence-electron chi connectivity index (χ0n) is 12.0. The van der Waals surface area contributed by atoms with Crippen LogP contribution in [0.5, 0.6) is 0 Å². The molecule has 2 rings (SSSR count). The smallest absolute Gasteiger partial charge is 0.0600 e. The van der Waals surface area contributed by atoms with E-state index in [2.05, 4.69) is 68.3 Å². The number of rotatable bonds is 4. The minimum Gasteiger partial charge on any atom is -0.397 e. The first-order chi connectivity index (χ1) is 9.08. The highest BCUT2D eigenvalue weighted by molar-refractivity contribution is 5.69. The van der Waals surface area contributed by atoms with E-state index in [1.807, 2.05) is 0 Å². The molecule has 2 N–H and O–H groups in total. The maximum Gasteiger partial charge on any atom is 0.0600 e. The Bertz CT molecular complexity index is 547. The van der Waals surface area contributed by atoms with Crippen LogP contribution in [0.4, 0.5) is 11.4 Å². The third kappa shape index (κ3) is 3.28. The Morgan fingerprint density at radius 1 is 1.00 bits per heavy atom. The summed E-state index contributed by atoms with van der Waals surface area (Å²) in [5.41, 5.74) is 12.0. The Labute approximate surface area is 115 Å². The summed E-state index contributed by atoms with van der Waals surface area (Å²) in [5, 5.41) is 0. The predicted octanol–water partition coefficient (Wildman–Crippen LogP) is 3.56. The van der Waals surface area contributed by atoms with Gasteiger partial charge >= 0.3 is 0 Å². The topological polar surface area (TPSA) is 29.3 Å². The lowest BCUT2D eigenvalue weighted by atomic mass is 10.1. The Morgan fingerprint density at radius 2 is 1.63 bits per heavy atom. The molecule has 0 aliphatic carbocycles. The maximum atomic E-state index is 6.12. The first-order valence-electron chi connectivity index (χ1n) is 6.69. The number of likely N-dealkylation sites (N-methyl/N-ethyl adjacent to an activating group) is 1. The molecule has 19 heavy (non-hydrogen) atoms. The van der Waals surface area contributed by atoms with Gasteiger partial charge in [-0.05, 0) is 49.1 Å². The SMILES string of the molecule is Cc1cc(N)c(N(C)CCc2ccccc2)cc1C. The Kier molecular flexibility index (Phi) is 4.10. The summed E-state index contributed by atoms with van der Waals surface area (Å²) < 4.78 is 0. The quantitative estimate of drug-likeness (QED) is 0.845. The van der Waals surface area contributed by atoms with E-state index in [9.17, 15) is 0 Å². The van der Waals surface area contributed by atoms with Crippen LogP contribution in [-0.2, 0) is 6.42 Å². The first kappa shape index (κ1) is 13.5. The summed E-state index contributed by atoms with van der Waals surface area (Å²) in [4.78, 5) is 2.23. The van der Waals surface area contributed by atoms with E-state index in [1.165, 1.54) is 16.7 Å². The summed E-state index contributed by atoms with van der Waals surface area (Å²) in [5.74, 6) is 0. The highest BCUT2D eigenvalue weighted by atomic mass is 15.1. The van der Waals surface area contributed by atoms with E-state index in [0.717, 1.165) is 24.3 Å². The van der Waals surface area contributed by atoms with Crippen LogP contribution in [0.1, 0.15) is 16.7 Å². The minimum absolute atomic E-state index is 0.860. The molecular weight excluding hydrogens is 232 g/mol. The van der Waals surface area contributed by atoms with Crippen LogP contribution in [0, 0.1) is 13.8 Å².